The summed E-state index contributed by atoms with van der Waals surface area (Å²) in [7, 11) is 0. The summed E-state index contributed by atoms with van der Waals surface area (Å²) in [6, 6.07) is 19.2. The summed E-state index contributed by atoms with van der Waals surface area (Å²) in [5.41, 5.74) is 1.71. The number of amides is 2. The van der Waals surface area contributed by atoms with Crippen molar-refractivity contribution in [3.63, 3.8) is 0 Å². The fourth-order valence-corrected chi connectivity index (χ4v) is 3.87. The number of anilines is 2. The van der Waals surface area contributed by atoms with Crippen LogP contribution in [0.1, 0.15) is 40.4 Å². The molecule has 0 aromatic heterocycles. The number of hydrogen-bond acceptors (Lipinski definition) is 6. The molecule has 0 saturated carbocycles. The molecule has 1 heterocycles. The normalized spacial score (nSPS) is 13.9. The number of aryl methyl sites for hydroxylation is 1. The molecule has 0 spiro atoms. The van der Waals surface area contributed by atoms with E-state index in [0.29, 0.717) is 29.8 Å². The van der Waals surface area contributed by atoms with E-state index in [1.165, 1.54) is 24.3 Å². The van der Waals surface area contributed by atoms with Crippen LogP contribution in [0.4, 0.5) is 17.1 Å². The number of carbonyl (C=O) groups is 3. The van der Waals surface area contributed by atoms with Crippen LogP contribution in [0.5, 0.6) is 0 Å². The molecule has 0 aliphatic carbocycles. The summed E-state index contributed by atoms with van der Waals surface area (Å²) >= 11 is 0. The molecule has 1 saturated heterocycles. The van der Waals surface area contributed by atoms with Gasteiger partial charge in [0, 0.05) is 30.3 Å². The van der Waals surface area contributed by atoms with Crippen LogP contribution in [-0.2, 0) is 14.3 Å². The predicted molar refractivity (Wildman–Crippen MR) is 129 cm³/mol. The fraction of sp³-hybridized carbons (Fsp3) is 0.192. The smallest absolute Gasteiger partial charge is 0.339 e. The first-order valence-corrected chi connectivity index (χ1v) is 11.1. The van der Waals surface area contributed by atoms with Crippen LogP contribution in [0.2, 0.25) is 0 Å². The zero-order chi connectivity index (χ0) is 24.9. The van der Waals surface area contributed by atoms with Crippen LogP contribution >= 0.6 is 0 Å². The van der Waals surface area contributed by atoms with E-state index < -0.39 is 22.9 Å². The third-order valence-electron chi connectivity index (χ3n) is 5.66. The zero-order valence-electron chi connectivity index (χ0n) is 19.0. The van der Waals surface area contributed by atoms with E-state index in [1.54, 1.807) is 60.4 Å². The number of carbonyl (C=O) groups excluding carboxylic acids is 3. The molecule has 3 aromatic rings. The van der Waals surface area contributed by atoms with Crippen LogP contribution in [0, 0.1) is 17.0 Å². The van der Waals surface area contributed by atoms with Crippen molar-refractivity contribution in [3.05, 3.63) is 99.6 Å². The van der Waals surface area contributed by atoms with Gasteiger partial charge in [-0.05, 0) is 49.2 Å². The minimum Gasteiger partial charge on any atom is -0.444 e. The van der Waals surface area contributed by atoms with Crippen molar-refractivity contribution in [1.29, 1.82) is 0 Å². The highest BCUT2D eigenvalue weighted by atomic mass is 16.6. The lowest BCUT2D eigenvalue weighted by Crippen LogP contribution is -2.26. The summed E-state index contributed by atoms with van der Waals surface area (Å²) < 4.78 is 5.57. The fourth-order valence-electron chi connectivity index (χ4n) is 3.87. The van der Waals surface area contributed by atoms with Gasteiger partial charge in [0.1, 0.15) is 5.69 Å². The molecule has 1 aliphatic heterocycles. The van der Waals surface area contributed by atoms with Crippen LogP contribution in [0.25, 0.3) is 0 Å². The Morgan fingerprint density at radius 3 is 2.40 bits per heavy atom. The Morgan fingerprint density at radius 2 is 1.77 bits per heavy atom. The number of nitrogens with one attached hydrogen (secondary N) is 1. The van der Waals surface area contributed by atoms with E-state index in [9.17, 15) is 24.5 Å². The van der Waals surface area contributed by atoms with Crippen LogP contribution in [-0.4, -0.2) is 29.3 Å². The van der Waals surface area contributed by atoms with Gasteiger partial charge in [-0.15, -0.1) is 0 Å². The average Bonchev–Trinajstić information content (AvgIpc) is 3.29. The van der Waals surface area contributed by atoms with Gasteiger partial charge in [0.05, 0.1) is 10.5 Å². The quantitative estimate of drug-likeness (QED) is 0.305. The number of nitro groups is 1. The number of rotatable bonds is 7. The Balaban J connectivity index is 1.56. The van der Waals surface area contributed by atoms with Gasteiger partial charge in [-0.3, -0.25) is 19.7 Å². The first kappa shape index (κ1) is 23.6. The van der Waals surface area contributed by atoms with E-state index in [-0.39, 0.29) is 22.8 Å². The second-order valence-electron chi connectivity index (χ2n) is 8.16. The molecule has 1 N–H and O–H groups in total. The molecule has 0 bridgehead atoms. The van der Waals surface area contributed by atoms with E-state index in [2.05, 4.69) is 5.32 Å². The van der Waals surface area contributed by atoms with Gasteiger partial charge >= 0.3 is 5.97 Å². The Morgan fingerprint density at radius 1 is 1.06 bits per heavy atom. The van der Waals surface area contributed by atoms with Crippen molar-refractivity contribution in [2.45, 2.75) is 25.9 Å². The maximum atomic E-state index is 13.1. The summed E-state index contributed by atoms with van der Waals surface area (Å²) in [6.45, 7) is 2.34. The van der Waals surface area contributed by atoms with Crippen molar-refractivity contribution >= 4 is 34.8 Å². The lowest BCUT2D eigenvalue weighted by Gasteiger charge is -2.19. The number of hydrogen-bond donors (Lipinski definition) is 1. The molecule has 3 aromatic carbocycles. The highest BCUT2D eigenvalue weighted by Gasteiger charge is 2.28. The van der Waals surface area contributed by atoms with Gasteiger partial charge < -0.3 is 15.0 Å². The lowest BCUT2D eigenvalue weighted by atomic mass is 10.1. The molecule has 1 aliphatic rings. The van der Waals surface area contributed by atoms with Gasteiger partial charge in [-0.1, -0.05) is 36.4 Å². The van der Waals surface area contributed by atoms with Gasteiger partial charge in [-0.2, -0.15) is 0 Å². The van der Waals surface area contributed by atoms with E-state index in [1.807, 2.05) is 0 Å². The highest BCUT2D eigenvalue weighted by Crippen LogP contribution is 2.28. The number of ether oxygens (including phenoxy) is 1. The number of benzene rings is 3. The Bertz CT molecular complexity index is 1270. The van der Waals surface area contributed by atoms with E-state index in [4.69, 9.17) is 4.74 Å². The topological polar surface area (TPSA) is 119 Å². The Hall–Kier alpha value is -4.53. The van der Waals surface area contributed by atoms with Crippen molar-refractivity contribution in [2.75, 3.05) is 16.8 Å². The molecule has 35 heavy (non-hydrogen) atoms. The van der Waals surface area contributed by atoms with E-state index >= 15 is 0 Å². The van der Waals surface area contributed by atoms with Crippen LogP contribution in [0.3, 0.4) is 0 Å². The third-order valence-corrected chi connectivity index (χ3v) is 5.66. The molecule has 1 atom stereocenters. The molecule has 178 valence electrons. The molecule has 2 amide bonds. The Labute approximate surface area is 201 Å². The summed E-state index contributed by atoms with van der Waals surface area (Å²) in [5.74, 6) is -1.44. The van der Waals surface area contributed by atoms with Crippen molar-refractivity contribution in [2.24, 2.45) is 0 Å². The summed E-state index contributed by atoms with van der Waals surface area (Å²) in [4.78, 5) is 50.5. The number of nitrogens with zero attached hydrogens (tertiary/aromatic N) is 2. The maximum Gasteiger partial charge on any atom is 0.339 e. The maximum absolute atomic E-state index is 13.1. The molecule has 1 fully saturated rings. The second-order valence-corrected chi connectivity index (χ2v) is 8.16. The Kier molecular flexibility index (Phi) is 6.86. The number of nitro benzene ring substituents is 1. The van der Waals surface area contributed by atoms with Crippen molar-refractivity contribution in [1.82, 2.24) is 0 Å². The highest BCUT2D eigenvalue weighted by molar-refractivity contribution is 6.00. The molecule has 0 radical (unpaired) electrons. The zero-order valence-corrected chi connectivity index (χ0v) is 19.0. The van der Waals surface area contributed by atoms with Gasteiger partial charge in [-0.25, -0.2) is 4.79 Å². The van der Waals surface area contributed by atoms with E-state index in [0.717, 1.165) is 6.42 Å². The summed E-state index contributed by atoms with van der Waals surface area (Å²) in [6.07, 6.45) is -0.0589. The minimum absolute atomic E-state index is 0.00205. The van der Waals surface area contributed by atoms with Crippen molar-refractivity contribution in [3.8, 4) is 0 Å². The SMILES string of the molecule is Cc1ccc(NC(=O)C(OC(=O)c2ccc(N3CCCC3=O)cc2)c2ccccc2)c([N+](=O)[O-])c1. The predicted octanol–water partition coefficient (Wildman–Crippen LogP) is 4.57. The monoisotopic (exact) mass is 473 g/mol. The lowest BCUT2D eigenvalue weighted by molar-refractivity contribution is -0.384. The first-order valence-electron chi connectivity index (χ1n) is 11.1. The van der Waals surface area contributed by atoms with Crippen LogP contribution in [0.15, 0.2) is 72.8 Å². The molecular weight excluding hydrogens is 450 g/mol. The standard InChI is InChI=1S/C26H23N3O6/c1-17-9-14-21(22(16-17)29(33)34)27-25(31)24(18-6-3-2-4-7-18)35-26(32)19-10-12-20(13-11-19)28-15-5-8-23(28)30/h2-4,6-7,9-14,16,24H,5,8,15H2,1H3,(H,27,31). The molecule has 4 rings (SSSR count). The first-order chi connectivity index (χ1) is 16.8. The van der Waals surface area contributed by atoms with Crippen LogP contribution < -0.4 is 10.2 Å². The second kappa shape index (κ2) is 10.2. The molecular formula is C26H23N3O6. The molecule has 9 heteroatoms. The van der Waals surface area contributed by atoms with Crippen molar-refractivity contribution < 1.29 is 24.0 Å². The minimum atomic E-state index is -1.34. The largest absolute Gasteiger partial charge is 0.444 e. The number of esters is 1. The van der Waals surface area contributed by atoms with Gasteiger partial charge in [0.15, 0.2) is 0 Å². The molecule has 1 unspecified atom stereocenters. The van der Waals surface area contributed by atoms with Gasteiger partial charge in [0.2, 0.25) is 12.0 Å². The third kappa shape index (κ3) is 5.35. The van der Waals surface area contributed by atoms with Gasteiger partial charge in [0.25, 0.3) is 11.6 Å². The summed E-state index contributed by atoms with van der Waals surface area (Å²) in [5, 5.41) is 14.0. The average molecular weight is 473 g/mol. The molecule has 9 nitrogen and oxygen atoms in total.